The fraction of sp³-hybridized carbons (Fsp3) is 0.292. The average molecular weight is 463 g/mol. The fourth-order valence-electron chi connectivity index (χ4n) is 4.29. The van der Waals surface area contributed by atoms with Crippen molar-refractivity contribution in [2.75, 3.05) is 27.2 Å². The van der Waals surface area contributed by atoms with E-state index in [0.717, 1.165) is 10.5 Å². The third-order valence-corrected chi connectivity index (χ3v) is 6.04. The maximum absolute atomic E-state index is 13.8. The molecule has 1 atom stereocenters. The predicted octanol–water partition coefficient (Wildman–Crippen LogP) is 0.228. The largest absolute Gasteiger partial charge is 0.871 e. The van der Waals surface area contributed by atoms with Crippen LogP contribution in [0.15, 0.2) is 48.2 Å². The predicted molar refractivity (Wildman–Crippen MR) is 122 cm³/mol. The van der Waals surface area contributed by atoms with Crippen LogP contribution in [0.5, 0.6) is 0 Å². The summed E-state index contributed by atoms with van der Waals surface area (Å²) in [6, 6.07) is 8.31. The van der Waals surface area contributed by atoms with Crippen LogP contribution in [0.3, 0.4) is 0 Å². The third-order valence-electron chi connectivity index (χ3n) is 6.04. The van der Waals surface area contributed by atoms with Crippen LogP contribution in [0.2, 0.25) is 0 Å². The van der Waals surface area contributed by atoms with Gasteiger partial charge in [0.1, 0.15) is 5.65 Å². The Hall–Kier alpha value is -4.05. The van der Waals surface area contributed by atoms with Crippen molar-refractivity contribution in [3.8, 4) is 0 Å². The summed E-state index contributed by atoms with van der Waals surface area (Å²) in [6.07, 6.45) is 1.70. The van der Waals surface area contributed by atoms with Crippen molar-refractivity contribution in [1.29, 1.82) is 0 Å². The molecule has 3 heterocycles. The van der Waals surface area contributed by atoms with Gasteiger partial charge in [0.15, 0.2) is 0 Å². The van der Waals surface area contributed by atoms with E-state index in [-0.39, 0.29) is 23.5 Å². The standard InChI is InChI=1S/C24H25N5O5/c1-14-6-5-11-27-19(15(2)25-23(14)27)21(30)18-20(16-7-9-17(10-8-16)29(33)34)28(13-12-26(3)4)24(32)22(18)31/h5-11,20,30H,12-13H2,1-4H3/b21-18+. The number of likely N-dealkylation sites (N-methyl/N-ethyl adjacent to an activating group) is 1. The minimum absolute atomic E-state index is 0.121. The number of hydrogen-bond donors (Lipinski definition) is 1. The van der Waals surface area contributed by atoms with Crippen LogP contribution < -0.4 is 10.0 Å². The molecule has 0 saturated carbocycles. The van der Waals surface area contributed by atoms with Gasteiger partial charge in [-0.2, -0.15) is 0 Å². The minimum Gasteiger partial charge on any atom is -0.871 e. The van der Waals surface area contributed by atoms with Gasteiger partial charge in [0.05, 0.1) is 49.5 Å². The van der Waals surface area contributed by atoms with Gasteiger partial charge in [0.2, 0.25) is 5.78 Å². The summed E-state index contributed by atoms with van der Waals surface area (Å²) in [7, 11) is 3.84. The number of nitro benzene ring substituents is 1. The van der Waals surface area contributed by atoms with Crippen LogP contribution in [-0.2, 0) is 9.59 Å². The molecule has 1 aromatic carbocycles. The van der Waals surface area contributed by atoms with E-state index in [9.17, 15) is 24.8 Å². The SMILES string of the molecule is Cc1nc2c(C)cccn2c1/C([O-])=C1\C(=O)C(=O)N(CC[NH+](C)C)C1c1ccc([N+](=O)[O-])cc1. The first kappa shape index (κ1) is 23.1. The molecule has 1 unspecified atom stereocenters. The van der Waals surface area contributed by atoms with Gasteiger partial charge in [-0.15, -0.1) is 0 Å². The number of imidazole rings is 1. The first-order valence-corrected chi connectivity index (χ1v) is 10.9. The number of nitrogens with zero attached hydrogens (tertiary/aromatic N) is 4. The maximum Gasteiger partial charge on any atom is 0.295 e. The van der Waals surface area contributed by atoms with E-state index in [1.54, 1.807) is 23.6 Å². The lowest BCUT2D eigenvalue weighted by Crippen LogP contribution is -3.06. The molecule has 1 aliphatic heterocycles. The van der Waals surface area contributed by atoms with E-state index in [1.165, 1.54) is 29.2 Å². The second-order valence-corrected chi connectivity index (χ2v) is 8.71. The maximum atomic E-state index is 13.8. The van der Waals surface area contributed by atoms with E-state index in [2.05, 4.69) is 4.98 Å². The number of fused-ring (bicyclic) bond motifs is 1. The second kappa shape index (κ2) is 8.71. The zero-order valence-corrected chi connectivity index (χ0v) is 19.4. The molecule has 4 rings (SSSR count). The number of pyridine rings is 1. The Balaban J connectivity index is 1.93. The van der Waals surface area contributed by atoms with Crippen molar-refractivity contribution in [2.45, 2.75) is 19.9 Å². The number of nitro groups is 1. The topological polar surface area (TPSA) is 125 Å². The van der Waals surface area contributed by atoms with Gasteiger partial charge in [-0.1, -0.05) is 11.8 Å². The first-order valence-electron chi connectivity index (χ1n) is 10.9. The van der Waals surface area contributed by atoms with Crippen LogP contribution in [0, 0.1) is 24.0 Å². The number of quaternary nitrogens is 1. The van der Waals surface area contributed by atoms with Crippen LogP contribution in [0.25, 0.3) is 11.4 Å². The van der Waals surface area contributed by atoms with Crippen molar-refractivity contribution >= 4 is 28.8 Å². The molecule has 0 aliphatic carbocycles. The number of carbonyl (C=O) groups is 2. The highest BCUT2D eigenvalue weighted by atomic mass is 16.6. The smallest absolute Gasteiger partial charge is 0.295 e. The number of nitrogens with one attached hydrogen (secondary N) is 1. The monoisotopic (exact) mass is 463 g/mol. The number of aryl methyl sites for hydroxylation is 2. The summed E-state index contributed by atoms with van der Waals surface area (Å²) >= 11 is 0. The fourth-order valence-corrected chi connectivity index (χ4v) is 4.29. The van der Waals surface area contributed by atoms with E-state index >= 15 is 0 Å². The number of rotatable bonds is 6. The molecule has 0 radical (unpaired) electrons. The Kier molecular flexibility index (Phi) is 5.92. The van der Waals surface area contributed by atoms with Crippen molar-refractivity contribution in [3.05, 3.63) is 80.8 Å². The highest BCUT2D eigenvalue weighted by Crippen LogP contribution is 2.39. The number of likely N-dealkylation sites (tertiary alicyclic amines) is 1. The molecule has 2 aromatic heterocycles. The molecule has 3 aromatic rings. The molecule has 176 valence electrons. The Morgan fingerprint density at radius 3 is 2.44 bits per heavy atom. The number of non-ortho nitro benzene ring substituents is 1. The van der Waals surface area contributed by atoms with Crippen LogP contribution in [0.1, 0.15) is 28.6 Å². The van der Waals surface area contributed by atoms with Gasteiger partial charge in [0, 0.05) is 23.9 Å². The zero-order chi connectivity index (χ0) is 24.7. The molecule has 1 N–H and O–H groups in total. The Morgan fingerprint density at radius 1 is 1.15 bits per heavy atom. The van der Waals surface area contributed by atoms with Crippen LogP contribution in [-0.4, -0.2) is 58.1 Å². The van der Waals surface area contributed by atoms with Gasteiger partial charge in [-0.05, 0) is 43.2 Å². The van der Waals surface area contributed by atoms with Gasteiger partial charge in [-0.25, -0.2) is 4.98 Å². The summed E-state index contributed by atoms with van der Waals surface area (Å²) in [5, 5.41) is 25.0. The van der Waals surface area contributed by atoms with Crippen molar-refractivity contribution in [3.63, 3.8) is 0 Å². The molecule has 1 aliphatic rings. The average Bonchev–Trinajstić information content (AvgIpc) is 3.26. The molecule has 1 fully saturated rings. The quantitative estimate of drug-likeness (QED) is 0.183. The molecular formula is C24H25N5O5. The van der Waals surface area contributed by atoms with Gasteiger partial charge in [0.25, 0.3) is 11.6 Å². The van der Waals surface area contributed by atoms with Crippen molar-refractivity contribution < 1.29 is 24.5 Å². The minimum atomic E-state index is -0.942. The molecular weight excluding hydrogens is 438 g/mol. The molecule has 1 saturated heterocycles. The van der Waals surface area contributed by atoms with Crippen molar-refractivity contribution in [2.24, 2.45) is 0 Å². The Labute approximate surface area is 195 Å². The Morgan fingerprint density at radius 2 is 1.82 bits per heavy atom. The van der Waals surface area contributed by atoms with E-state index in [4.69, 9.17) is 0 Å². The van der Waals surface area contributed by atoms with Crippen LogP contribution >= 0.6 is 0 Å². The number of benzene rings is 1. The normalized spacial score (nSPS) is 17.8. The summed E-state index contributed by atoms with van der Waals surface area (Å²) < 4.78 is 1.64. The Bertz CT molecular complexity index is 1340. The number of ketones is 1. The number of carbonyl (C=O) groups excluding carboxylic acids is 2. The molecule has 0 bridgehead atoms. The van der Waals surface area contributed by atoms with Gasteiger partial charge < -0.3 is 19.3 Å². The zero-order valence-electron chi connectivity index (χ0n) is 19.4. The van der Waals surface area contributed by atoms with E-state index < -0.39 is 28.4 Å². The number of aromatic nitrogens is 2. The van der Waals surface area contributed by atoms with E-state index in [0.29, 0.717) is 23.4 Å². The third kappa shape index (κ3) is 3.81. The highest BCUT2D eigenvalue weighted by molar-refractivity contribution is 6.46. The lowest BCUT2D eigenvalue weighted by molar-refractivity contribution is -0.857. The highest BCUT2D eigenvalue weighted by Gasteiger charge is 2.44. The summed E-state index contributed by atoms with van der Waals surface area (Å²) in [5.41, 5.74) is 2.31. The number of Topliss-reactive ketones (excluding diaryl/α,β-unsaturated/α-hetero) is 1. The van der Waals surface area contributed by atoms with Crippen molar-refractivity contribution in [1.82, 2.24) is 14.3 Å². The van der Waals surface area contributed by atoms with Gasteiger partial charge >= 0.3 is 0 Å². The summed E-state index contributed by atoms with van der Waals surface area (Å²) in [6.45, 7) is 4.36. The number of hydrogen-bond acceptors (Lipinski definition) is 6. The lowest BCUT2D eigenvalue weighted by atomic mass is 9.96. The van der Waals surface area contributed by atoms with Gasteiger partial charge in [-0.3, -0.25) is 19.7 Å². The molecule has 10 heteroatoms. The first-order chi connectivity index (χ1) is 16.1. The lowest BCUT2D eigenvalue weighted by Gasteiger charge is -2.27. The summed E-state index contributed by atoms with van der Waals surface area (Å²) in [4.78, 5) is 43.7. The molecule has 0 spiro atoms. The molecule has 1 amide bonds. The number of amides is 1. The summed E-state index contributed by atoms with van der Waals surface area (Å²) in [5.74, 6) is -2.18. The van der Waals surface area contributed by atoms with E-state index in [1.807, 2.05) is 27.1 Å². The molecule has 10 nitrogen and oxygen atoms in total. The second-order valence-electron chi connectivity index (χ2n) is 8.71. The van der Waals surface area contributed by atoms with Crippen LogP contribution in [0.4, 0.5) is 5.69 Å². The molecule has 34 heavy (non-hydrogen) atoms.